The zero-order chi connectivity index (χ0) is 17.4. The quantitative estimate of drug-likeness (QED) is 0.542. The minimum absolute atomic E-state index is 0.192. The van der Waals surface area contributed by atoms with Gasteiger partial charge in [0.2, 0.25) is 5.91 Å². The second kappa shape index (κ2) is 9.87. The Labute approximate surface area is 146 Å². The van der Waals surface area contributed by atoms with Crippen molar-refractivity contribution in [3.8, 4) is 0 Å². The zero-order valence-corrected chi connectivity index (χ0v) is 15.5. The number of carbonyl (C=O) groups excluding carboxylic acids is 1. The average molecular weight is 338 g/mol. The molecule has 0 saturated carbocycles. The molecule has 0 aromatic rings. The molecule has 3 N–H and O–H groups in total. The van der Waals surface area contributed by atoms with Crippen LogP contribution in [0.5, 0.6) is 0 Å². The number of likely N-dealkylation sites (tertiary alicyclic amines) is 2. The summed E-state index contributed by atoms with van der Waals surface area (Å²) in [6.45, 7) is 11.7. The lowest BCUT2D eigenvalue weighted by molar-refractivity contribution is -0.119. The Hall–Kier alpha value is -1.30. The summed E-state index contributed by atoms with van der Waals surface area (Å²) in [4.78, 5) is 20.9. The number of primary amides is 1. The van der Waals surface area contributed by atoms with E-state index in [1.807, 2.05) is 0 Å². The van der Waals surface area contributed by atoms with Crippen molar-refractivity contribution in [3.05, 3.63) is 0 Å². The number of rotatable bonds is 7. The number of hydrogen-bond donors (Lipinski definition) is 2. The van der Waals surface area contributed by atoms with Crippen LogP contribution in [0.1, 0.15) is 46.0 Å². The highest BCUT2D eigenvalue weighted by atomic mass is 16.1. The smallest absolute Gasteiger partial charge is 0.217 e. The second-order valence-corrected chi connectivity index (χ2v) is 7.43. The van der Waals surface area contributed by atoms with Crippen molar-refractivity contribution in [2.24, 2.45) is 22.6 Å². The predicted octanol–water partition coefficient (Wildman–Crippen LogP) is 1.27. The SMILES string of the molecule is CCNC(=NCC(C)CN1CCCC1)N1CCCC(CC(N)=O)C1. The summed E-state index contributed by atoms with van der Waals surface area (Å²) in [7, 11) is 0. The largest absolute Gasteiger partial charge is 0.370 e. The predicted molar refractivity (Wildman–Crippen MR) is 98.9 cm³/mol. The fourth-order valence-corrected chi connectivity index (χ4v) is 3.84. The number of nitrogens with zero attached hydrogens (tertiary/aromatic N) is 3. The molecule has 2 unspecified atom stereocenters. The van der Waals surface area contributed by atoms with Crippen LogP contribution in [0.2, 0.25) is 0 Å². The summed E-state index contributed by atoms with van der Waals surface area (Å²) in [5.74, 6) is 1.74. The van der Waals surface area contributed by atoms with Gasteiger partial charge in [0.05, 0.1) is 0 Å². The minimum atomic E-state index is -0.192. The van der Waals surface area contributed by atoms with E-state index in [-0.39, 0.29) is 5.91 Å². The van der Waals surface area contributed by atoms with Crippen molar-refractivity contribution in [2.45, 2.75) is 46.0 Å². The standard InChI is InChI=1S/C18H35N5O/c1-3-20-18(21-12-15(2)13-22-8-4-5-9-22)23-10-6-7-16(14-23)11-17(19)24/h15-16H,3-14H2,1-2H3,(H2,19,24)(H,20,21). The van der Waals surface area contributed by atoms with Gasteiger partial charge in [0, 0.05) is 39.1 Å². The van der Waals surface area contributed by atoms with Crippen molar-refractivity contribution in [3.63, 3.8) is 0 Å². The highest BCUT2D eigenvalue weighted by Crippen LogP contribution is 2.19. The molecule has 6 nitrogen and oxygen atoms in total. The summed E-state index contributed by atoms with van der Waals surface area (Å²) in [5.41, 5.74) is 5.37. The molecule has 0 aromatic heterocycles. The highest BCUT2D eigenvalue weighted by molar-refractivity contribution is 5.80. The zero-order valence-electron chi connectivity index (χ0n) is 15.5. The molecule has 2 atom stereocenters. The molecule has 2 heterocycles. The third-order valence-corrected chi connectivity index (χ3v) is 4.96. The number of carbonyl (C=O) groups is 1. The maximum atomic E-state index is 11.2. The highest BCUT2D eigenvalue weighted by Gasteiger charge is 2.23. The fourth-order valence-electron chi connectivity index (χ4n) is 3.84. The van der Waals surface area contributed by atoms with E-state index in [9.17, 15) is 4.79 Å². The van der Waals surface area contributed by atoms with E-state index in [1.165, 1.54) is 25.9 Å². The van der Waals surface area contributed by atoms with Gasteiger partial charge < -0.3 is 20.9 Å². The van der Waals surface area contributed by atoms with Gasteiger partial charge >= 0.3 is 0 Å². The van der Waals surface area contributed by atoms with Crippen LogP contribution in [0.4, 0.5) is 0 Å². The average Bonchev–Trinajstić information content (AvgIpc) is 3.04. The van der Waals surface area contributed by atoms with Gasteiger partial charge in [-0.2, -0.15) is 0 Å². The van der Waals surface area contributed by atoms with Crippen LogP contribution in [0.3, 0.4) is 0 Å². The third kappa shape index (κ3) is 6.30. The second-order valence-electron chi connectivity index (χ2n) is 7.43. The molecule has 0 radical (unpaired) electrons. The molecule has 0 aliphatic carbocycles. The Morgan fingerprint density at radius 3 is 2.71 bits per heavy atom. The molecule has 138 valence electrons. The van der Waals surface area contributed by atoms with Gasteiger partial charge in [0.15, 0.2) is 5.96 Å². The third-order valence-electron chi connectivity index (χ3n) is 4.96. The van der Waals surface area contributed by atoms with Crippen LogP contribution in [0.25, 0.3) is 0 Å². The van der Waals surface area contributed by atoms with E-state index >= 15 is 0 Å². The lowest BCUT2D eigenvalue weighted by Crippen LogP contribution is -2.47. The number of piperidine rings is 1. The molecule has 6 heteroatoms. The number of hydrogen-bond acceptors (Lipinski definition) is 3. The van der Waals surface area contributed by atoms with Crippen LogP contribution in [-0.4, -0.2) is 67.5 Å². The van der Waals surface area contributed by atoms with E-state index in [0.29, 0.717) is 18.3 Å². The van der Waals surface area contributed by atoms with Crippen molar-refractivity contribution < 1.29 is 4.79 Å². The Morgan fingerprint density at radius 2 is 2.04 bits per heavy atom. The topological polar surface area (TPSA) is 74.0 Å². The van der Waals surface area contributed by atoms with Crippen LogP contribution >= 0.6 is 0 Å². The van der Waals surface area contributed by atoms with Crippen LogP contribution in [0, 0.1) is 11.8 Å². The first-order valence-electron chi connectivity index (χ1n) is 9.62. The van der Waals surface area contributed by atoms with E-state index in [2.05, 4.69) is 29.0 Å². The molecule has 0 bridgehead atoms. The lowest BCUT2D eigenvalue weighted by Gasteiger charge is -2.35. The van der Waals surface area contributed by atoms with E-state index in [0.717, 1.165) is 51.5 Å². The number of guanidine groups is 1. The first-order valence-corrected chi connectivity index (χ1v) is 9.62. The van der Waals surface area contributed by atoms with E-state index < -0.39 is 0 Å². The molecule has 0 aromatic carbocycles. The molecule has 2 saturated heterocycles. The molecular weight excluding hydrogens is 302 g/mol. The summed E-state index contributed by atoms with van der Waals surface area (Å²) >= 11 is 0. The number of amides is 1. The van der Waals surface area contributed by atoms with Gasteiger partial charge in [-0.15, -0.1) is 0 Å². The molecular formula is C18H35N5O. The summed E-state index contributed by atoms with van der Waals surface area (Å²) in [6.07, 6.45) is 5.36. The summed E-state index contributed by atoms with van der Waals surface area (Å²) < 4.78 is 0. The monoisotopic (exact) mass is 337 g/mol. The van der Waals surface area contributed by atoms with E-state index in [4.69, 9.17) is 10.7 Å². The van der Waals surface area contributed by atoms with E-state index in [1.54, 1.807) is 0 Å². The molecule has 2 aliphatic heterocycles. The first kappa shape index (κ1) is 19.0. The van der Waals surface area contributed by atoms with Gasteiger partial charge in [-0.25, -0.2) is 0 Å². The Balaban J connectivity index is 1.87. The minimum Gasteiger partial charge on any atom is -0.370 e. The van der Waals surface area contributed by atoms with Gasteiger partial charge in [0.25, 0.3) is 0 Å². The lowest BCUT2D eigenvalue weighted by atomic mass is 9.95. The number of nitrogens with one attached hydrogen (secondary N) is 1. The van der Waals surface area contributed by atoms with Crippen molar-refractivity contribution in [1.29, 1.82) is 0 Å². The van der Waals surface area contributed by atoms with Gasteiger partial charge in [-0.05, 0) is 57.5 Å². The van der Waals surface area contributed by atoms with Gasteiger partial charge in [-0.1, -0.05) is 6.92 Å². The fraction of sp³-hybridized carbons (Fsp3) is 0.889. The van der Waals surface area contributed by atoms with Gasteiger partial charge in [-0.3, -0.25) is 9.79 Å². The maximum absolute atomic E-state index is 11.2. The number of nitrogens with two attached hydrogens (primary N) is 1. The molecule has 2 rings (SSSR count). The van der Waals surface area contributed by atoms with Crippen LogP contribution in [-0.2, 0) is 4.79 Å². The Morgan fingerprint density at radius 1 is 1.29 bits per heavy atom. The van der Waals surface area contributed by atoms with Crippen molar-refractivity contribution in [1.82, 2.24) is 15.1 Å². The first-order chi connectivity index (χ1) is 11.6. The molecule has 2 aliphatic rings. The molecule has 1 amide bonds. The summed E-state index contributed by atoms with van der Waals surface area (Å²) in [5, 5.41) is 3.42. The molecule has 2 fully saturated rings. The van der Waals surface area contributed by atoms with Crippen molar-refractivity contribution >= 4 is 11.9 Å². The molecule has 0 spiro atoms. The van der Waals surface area contributed by atoms with Crippen molar-refractivity contribution in [2.75, 3.05) is 45.8 Å². The summed E-state index contributed by atoms with van der Waals surface area (Å²) in [6, 6.07) is 0. The number of aliphatic imine (C=N–C) groups is 1. The maximum Gasteiger partial charge on any atom is 0.217 e. The van der Waals surface area contributed by atoms with Crippen LogP contribution < -0.4 is 11.1 Å². The molecule has 24 heavy (non-hydrogen) atoms. The Bertz CT molecular complexity index is 420. The normalized spacial score (nSPS) is 24.2. The van der Waals surface area contributed by atoms with Crippen LogP contribution in [0.15, 0.2) is 4.99 Å². The van der Waals surface area contributed by atoms with Gasteiger partial charge in [0.1, 0.15) is 0 Å². The Kier molecular flexibility index (Phi) is 7.82.